The molecule has 2 N–H and O–H groups in total. The fourth-order valence-electron chi connectivity index (χ4n) is 1.85. The summed E-state index contributed by atoms with van der Waals surface area (Å²) in [6, 6.07) is 13.6. The lowest BCUT2D eigenvalue weighted by Gasteiger charge is -2.13. The van der Waals surface area contributed by atoms with Gasteiger partial charge in [0, 0.05) is 26.3 Å². The first-order valence-electron chi connectivity index (χ1n) is 6.44. The molecule has 2 rings (SSSR count). The Balaban J connectivity index is 2.15. The number of aromatic hydroxyl groups is 1. The molecule has 0 amide bonds. The van der Waals surface area contributed by atoms with Crippen LogP contribution in [0.15, 0.2) is 53.4 Å². The molecule has 0 aliphatic rings. The first-order valence-corrected chi connectivity index (χ1v) is 7.88. The van der Waals surface area contributed by atoms with Gasteiger partial charge in [-0.05, 0) is 35.9 Å². The van der Waals surface area contributed by atoms with Gasteiger partial charge in [-0.3, -0.25) is 0 Å². The highest BCUT2D eigenvalue weighted by Gasteiger charge is 2.16. The lowest BCUT2D eigenvalue weighted by atomic mass is 10.2. The van der Waals surface area contributed by atoms with Crippen LogP contribution in [0.25, 0.3) is 0 Å². The molecule has 0 aliphatic carbocycles. The monoisotopic (exact) mass is 306 g/mol. The highest BCUT2D eigenvalue weighted by molar-refractivity contribution is 7.89. The number of anilines is 1. The number of nitrogens with one attached hydrogen (secondary N) is 1. The van der Waals surface area contributed by atoms with E-state index in [2.05, 4.69) is 5.32 Å². The van der Waals surface area contributed by atoms with Gasteiger partial charge in [0.2, 0.25) is 10.0 Å². The molecule has 0 saturated carbocycles. The Kier molecular flexibility index (Phi) is 4.50. The van der Waals surface area contributed by atoms with Crippen molar-refractivity contribution in [1.29, 1.82) is 0 Å². The Morgan fingerprint density at radius 1 is 1.10 bits per heavy atom. The van der Waals surface area contributed by atoms with Crippen molar-refractivity contribution >= 4 is 15.7 Å². The summed E-state index contributed by atoms with van der Waals surface area (Å²) in [6.45, 7) is 0.500. The first kappa shape index (κ1) is 15.3. The predicted molar refractivity (Wildman–Crippen MR) is 82.7 cm³/mol. The lowest BCUT2D eigenvalue weighted by Crippen LogP contribution is -2.22. The summed E-state index contributed by atoms with van der Waals surface area (Å²) in [6.07, 6.45) is 0. The minimum Gasteiger partial charge on any atom is -0.508 e. The largest absolute Gasteiger partial charge is 0.508 e. The van der Waals surface area contributed by atoms with Gasteiger partial charge in [-0.15, -0.1) is 0 Å². The van der Waals surface area contributed by atoms with E-state index in [9.17, 15) is 13.5 Å². The zero-order valence-corrected chi connectivity index (χ0v) is 12.8. The SMILES string of the molecule is CN(C)S(=O)(=O)c1cccc(NCc2cccc(O)c2)c1. The molecular formula is C15H18N2O3S. The third kappa shape index (κ3) is 3.74. The fraction of sp³-hybridized carbons (Fsp3) is 0.200. The van der Waals surface area contributed by atoms with Gasteiger partial charge in [0.15, 0.2) is 0 Å². The van der Waals surface area contributed by atoms with Crippen LogP contribution in [-0.2, 0) is 16.6 Å². The molecule has 0 heterocycles. The average Bonchev–Trinajstić information content (AvgIpc) is 2.45. The van der Waals surface area contributed by atoms with Crippen molar-refractivity contribution in [3.05, 3.63) is 54.1 Å². The minimum absolute atomic E-state index is 0.207. The highest BCUT2D eigenvalue weighted by atomic mass is 32.2. The average molecular weight is 306 g/mol. The van der Waals surface area contributed by atoms with Crippen LogP contribution < -0.4 is 5.32 Å². The molecule has 0 unspecified atom stereocenters. The van der Waals surface area contributed by atoms with E-state index >= 15 is 0 Å². The van der Waals surface area contributed by atoms with Crippen molar-refractivity contribution in [2.45, 2.75) is 11.4 Å². The maximum absolute atomic E-state index is 12.1. The van der Waals surface area contributed by atoms with Gasteiger partial charge in [-0.25, -0.2) is 12.7 Å². The van der Waals surface area contributed by atoms with Gasteiger partial charge in [0.05, 0.1) is 4.90 Å². The van der Waals surface area contributed by atoms with Gasteiger partial charge < -0.3 is 10.4 Å². The molecule has 21 heavy (non-hydrogen) atoms. The third-order valence-electron chi connectivity index (χ3n) is 3.02. The van der Waals surface area contributed by atoms with Crippen molar-refractivity contribution in [3.8, 4) is 5.75 Å². The minimum atomic E-state index is -3.44. The van der Waals surface area contributed by atoms with E-state index in [1.807, 2.05) is 6.07 Å². The molecular weight excluding hydrogens is 288 g/mol. The number of nitrogens with zero attached hydrogens (tertiary/aromatic N) is 1. The molecule has 0 fully saturated rings. The molecule has 0 bridgehead atoms. The Morgan fingerprint density at radius 2 is 1.81 bits per heavy atom. The van der Waals surface area contributed by atoms with Crippen LogP contribution in [0.1, 0.15) is 5.56 Å². The van der Waals surface area contributed by atoms with Crippen molar-refractivity contribution in [2.75, 3.05) is 19.4 Å². The fourth-order valence-corrected chi connectivity index (χ4v) is 2.80. The Hall–Kier alpha value is -2.05. The third-order valence-corrected chi connectivity index (χ3v) is 4.83. The molecule has 0 atom stereocenters. The predicted octanol–water partition coefficient (Wildman–Crippen LogP) is 2.25. The number of phenols is 1. The van der Waals surface area contributed by atoms with Crippen LogP contribution >= 0.6 is 0 Å². The number of hydrogen-bond acceptors (Lipinski definition) is 4. The second-order valence-corrected chi connectivity index (χ2v) is 6.99. The highest BCUT2D eigenvalue weighted by Crippen LogP contribution is 2.19. The summed E-state index contributed by atoms with van der Waals surface area (Å²) in [5.74, 6) is 0.207. The van der Waals surface area contributed by atoms with E-state index in [0.29, 0.717) is 12.2 Å². The van der Waals surface area contributed by atoms with Crippen LogP contribution in [-0.4, -0.2) is 31.9 Å². The summed E-state index contributed by atoms with van der Waals surface area (Å²) < 4.78 is 25.3. The van der Waals surface area contributed by atoms with Gasteiger partial charge in [-0.2, -0.15) is 0 Å². The van der Waals surface area contributed by atoms with E-state index < -0.39 is 10.0 Å². The van der Waals surface area contributed by atoms with E-state index in [0.717, 1.165) is 5.56 Å². The van der Waals surface area contributed by atoms with E-state index in [1.165, 1.54) is 18.4 Å². The van der Waals surface area contributed by atoms with Crippen LogP contribution in [0.3, 0.4) is 0 Å². The first-order chi connectivity index (χ1) is 9.89. The summed E-state index contributed by atoms with van der Waals surface area (Å²) >= 11 is 0. The smallest absolute Gasteiger partial charge is 0.242 e. The van der Waals surface area contributed by atoms with Crippen molar-refractivity contribution in [1.82, 2.24) is 4.31 Å². The maximum Gasteiger partial charge on any atom is 0.242 e. The second kappa shape index (κ2) is 6.15. The van der Waals surface area contributed by atoms with E-state index in [1.54, 1.807) is 42.5 Å². The van der Waals surface area contributed by atoms with Crippen LogP contribution in [0.2, 0.25) is 0 Å². The molecule has 0 aliphatic heterocycles. The Morgan fingerprint density at radius 3 is 2.48 bits per heavy atom. The van der Waals surface area contributed by atoms with Gasteiger partial charge in [-0.1, -0.05) is 18.2 Å². The van der Waals surface area contributed by atoms with Crippen LogP contribution in [0.4, 0.5) is 5.69 Å². The molecule has 0 aromatic heterocycles. The number of phenolic OH excluding ortho intramolecular Hbond substituents is 1. The van der Waals surface area contributed by atoms with Crippen LogP contribution in [0, 0.1) is 0 Å². The zero-order chi connectivity index (χ0) is 15.5. The summed E-state index contributed by atoms with van der Waals surface area (Å²) in [4.78, 5) is 0.244. The molecule has 0 radical (unpaired) electrons. The molecule has 5 nitrogen and oxygen atoms in total. The van der Waals surface area contributed by atoms with Crippen LogP contribution in [0.5, 0.6) is 5.75 Å². The zero-order valence-electron chi connectivity index (χ0n) is 11.9. The number of benzene rings is 2. The topological polar surface area (TPSA) is 69.6 Å². The van der Waals surface area contributed by atoms with Gasteiger partial charge >= 0.3 is 0 Å². The molecule has 112 valence electrons. The van der Waals surface area contributed by atoms with Crippen molar-refractivity contribution < 1.29 is 13.5 Å². The summed E-state index contributed by atoms with van der Waals surface area (Å²) in [5, 5.41) is 12.6. The van der Waals surface area contributed by atoms with Gasteiger partial charge in [0.25, 0.3) is 0 Å². The van der Waals surface area contributed by atoms with Crippen molar-refractivity contribution in [3.63, 3.8) is 0 Å². The van der Waals surface area contributed by atoms with E-state index in [-0.39, 0.29) is 10.6 Å². The number of sulfonamides is 1. The molecule has 0 spiro atoms. The summed E-state index contributed by atoms with van der Waals surface area (Å²) in [5.41, 5.74) is 1.62. The number of hydrogen-bond donors (Lipinski definition) is 2. The quantitative estimate of drug-likeness (QED) is 0.889. The standard InChI is InChI=1S/C15H18N2O3S/c1-17(2)21(19,20)15-8-4-6-13(10-15)16-11-12-5-3-7-14(18)9-12/h3-10,16,18H,11H2,1-2H3. The molecule has 2 aromatic rings. The molecule has 2 aromatic carbocycles. The number of rotatable bonds is 5. The Labute approximate surface area is 124 Å². The molecule has 6 heteroatoms. The second-order valence-electron chi connectivity index (χ2n) is 4.84. The van der Waals surface area contributed by atoms with E-state index in [4.69, 9.17) is 0 Å². The maximum atomic E-state index is 12.1. The lowest BCUT2D eigenvalue weighted by molar-refractivity contribution is 0.474. The molecule has 0 saturated heterocycles. The van der Waals surface area contributed by atoms with Gasteiger partial charge in [0.1, 0.15) is 5.75 Å². The van der Waals surface area contributed by atoms with Crippen molar-refractivity contribution in [2.24, 2.45) is 0 Å². The normalized spacial score (nSPS) is 11.6. The summed E-state index contributed by atoms with van der Waals surface area (Å²) in [7, 11) is -0.431. The Bertz CT molecular complexity index is 727.